The molecule has 0 aromatic carbocycles. The molecule has 2 aromatic heterocycles. The Morgan fingerprint density at radius 1 is 1.22 bits per heavy atom. The highest BCUT2D eigenvalue weighted by molar-refractivity contribution is 5.88. The van der Waals surface area contributed by atoms with Crippen molar-refractivity contribution in [2.75, 3.05) is 31.6 Å². The number of hydrogen-bond acceptors (Lipinski definition) is 7. The molecule has 0 saturated carbocycles. The number of esters is 1. The van der Waals surface area contributed by atoms with Crippen molar-refractivity contribution in [3.8, 4) is 11.3 Å². The van der Waals surface area contributed by atoms with E-state index in [1.54, 1.807) is 13.1 Å². The van der Waals surface area contributed by atoms with E-state index in [4.69, 9.17) is 0 Å². The molecule has 8 nitrogen and oxygen atoms in total. The molecule has 3 heterocycles. The topological polar surface area (TPSA) is 88.5 Å². The Balaban J connectivity index is 1.83. The minimum atomic E-state index is -0.462. The van der Waals surface area contributed by atoms with Crippen LogP contribution in [0.25, 0.3) is 11.3 Å². The van der Waals surface area contributed by atoms with Crippen LogP contribution in [-0.2, 0) is 14.3 Å². The van der Waals surface area contributed by atoms with Crippen molar-refractivity contribution in [1.29, 1.82) is 0 Å². The largest absolute Gasteiger partial charge is 0.468 e. The molecule has 1 aliphatic rings. The standard InChI is InChI=1S/C19H23N5O3/c1-12-5-6-15(13(2)21-12)16-7-8-20-19(22-16)24-10-9-23(11-17(25)27-4)18(26)14(24)3/h5-8,14H,9-11H2,1-4H3/t14-/m0/s1. The molecule has 0 spiro atoms. The summed E-state index contributed by atoms with van der Waals surface area (Å²) in [4.78, 5) is 41.0. The summed E-state index contributed by atoms with van der Waals surface area (Å²) in [5, 5.41) is 0. The summed E-state index contributed by atoms with van der Waals surface area (Å²) in [6.45, 7) is 6.60. The molecule has 1 aliphatic heterocycles. The minimum absolute atomic E-state index is 0.0390. The van der Waals surface area contributed by atoms with Gasteiger partial charge in [0, 0.05) is 36.2 Å². The molecular formula is C19H23N5O3. The molecule has 0 aliphatic carbocycles. The van der Waals surface area contributed by atoms with Crippen LogP contribution < -0.4 is 4.90 Å². The lowest BCUT2D eigenvalue weighted by Crippen LogP contribution is -2.57. The Morgan fingerprint density at radius 2 is 2.00 bits per heavy atom. The van der Waals surface area contributed by atoms with Gasteiger partial charge in [-0.2, -0.15) is 0 Å². The van der Waals surface area contributed by atoms with Crippen molar-refractivity contribution in [2.24, 2.45) is 0 Å². The monoisotopic (exact) mass is 369 g/mol. The molecule has 1 amide bonds. The molecule has 8 heteroatoms. The molecular weight excluding hydrogens is 346 g/mol. The summed E-state index contributed by atoms with van der Waals surface area (Å²) in [5.74, 6) is -0.0792. The van der Waals surface area contributed by atoms with Crippen molar-refractivity contribution in [1.82, 2.24) is 19.9 Å². The summed E-state index contributed by atoms with van der Waals surface area (Å²) in [5.41, 5.74) is 3.55. The fraction of sp³-hybridized carbons (Fsp3) is 0.421. The lowest BCUT2D eigenvalue weighted by Gasteiger charge is -2.38. The first kappa shape index (κ1) is 18.8. The zero-order valence-electron chi connectivity index (χ0n) is 16.0. The normalized spacial score (nSPS) is 17.2. The Labute approximate surface area is 158 Å². The van der Waals surface area contributed by atoms with E-state index in [9.17, 15) is 9.59 Å². The first-order valence-corrected chi connectivity index (χ1v) is 8.80. The fourth-order valence-corrected chi connectivity index (χ4v) is 3.17. The van der Waals surface area contributed by atoms with E-state index in [1.807, 2.05) is 36.9 Å². The predicted octanol–water partition coefficient (Wildman–Crippen LogP) is 1.37. The SMILES string of the molecule is COC(=O)CN1CCN(c2nccc(-c3ccc(C)nc3C)n2)[C@@H](C)C1=O. The van der Waals surface area contributed by atoms with Gasteiger partial charge in [0.05, 0.1) is 12.8 Å². The molecule has 1 saturated heterocycles. The van der Waals surface area contributed by atoms with E-state index in [-0.39, 0.29) is 12.5 Å². The summed E-state index contributed by atoms with van der Waals surface area (Å²) in [6, 6.07) is 5.31. The van der Waals surface area contributed by atoms with Crippen LogP contribution in [0.2, 0.25) is 0 Å². The quantitative estimate of drug-likeness (QED) is 0.752. The van der Waals surface area contributed by atoms with Crippen molar-refractivity contribution in [3.05, 3.63) is 35.8 Å². The van der Waals surface area contributed by atoms with E-state index in [0.29, 0.717) is 19.0 Å². The van der Waals surface area contributed by atoms with Crippen LogP contribution in [0, 0.1) is 13.8 Å². The molecule has 0 radical (unpaired) electrons. The highest BCUT2D eigenvalue weighted by Crippen LogP contribution is 2.24. The predicted molar refractivity (Wildman–Crippen MR) is 100 cm³/mol. The summed E-state index contributed by atoms with van der Waals surface area (Å²) in [6.07, 6.45) is 1.69. The van der Waals surface area contributed by atoms with Gasteiger partial charge in [0.2, 0.25) is 11.9 Å². The number of anilines is 1. The number of ether oxygens (including phenoxy) is 1. The Kier molecular flexibility index (Phi) is 5.34. The number of aromatic nitrogens is 3. The number of pyridine rings is 1. The molecule has 0 bridgehead atoms. The van der Waals surface area contributed by atoms with Crippen molar-refractivity contribution in [3.63, 3.8) is 0 Å². The molecule has 0 unspecified atom stereocenters. The number of hydrogen-bond donors (Lipinski definition) is 0. The molecule has 1 fully saturated rings. The number of carbonyl (C=O) groups excluding carboxylic acids is 2. The second kappa shape index (κ2) is 7.69. The van der Waals surface area contributed by atoms with Crippen LogP contribution >= 0.6 is 0 Å². The lowest BCUT2D eigenvalue weighted by molar-refractivity contribution is -0.148. The van der Waals surface area contributed by atoms with Crippen LogP contribution in [0.15, 0.2) is 24.4 Å². The van der Waals surface area contributed by atoms with Gasteiger partial charge in [-0.25, -0.2) is 9.97 Å². The number of aryl methyl sites for hydroxylation is 2. The summed E-state index contributed by atoms with van der Waals surface area (Å²) < 4.78 is 4.66. The number of nitrogens with zero attached hydrogens (tertiary/aromatic N) is 5. The van der Waals surface area contributed by atoms with E-state index in [2.05, 4.69) is 19.7 Å². The molecule has 0 N–H and O–H groups in total. The average Bonchev–Trinajstić information content (AvgIpc) is 2.65. The highest BCUT2D eigenvalue weighted by Gasteiger charge is 2.34. The van der Waals surface area contributed by atoms with Crippen LogP contribution in [0.3, 0.4) is 0 Å². The maximum absolute atomic E-state index is 12.6. The number of methoxy groups -OCH3 is 1. The Bertz CT molecular complexity index is 870. The number of amides is 1. The fourth-order valence-electron chi connectivity index (χ4n) is 3.17. The van der Waals surface area contributed by atoms with Crippen molar-refractivity contribution >= 4 is 17.8 Å². The second-order valence-corrected chi connectivity index (χ2v) is 6.53. The van der Waals surface area contributed by atoms with Crippen LogP contribution in [0.4, 0.5) is 5.95 Å². The lowest BCUT2D eigenvalue weighted by atomic mass is 10.1. The third kappa shape index (κ3) is 3.89. The van der Waals surface area contributed by atoms with Gasteiger partial charge in [-0.3, -0.25) is 14.6 Å². The first-order valence-electron chi connectivity index (χ1n) is 8.80. The Morgan fingerprint density at radius 3 is 2.70 bits per heavy atom. The van der Waals surface area contributed by atoms with Crippen molar-refractivity contribution in [2.45, 2.75) is 26.8 Å². The summed E-state index contributed by atoms with van der Waals surface area (Å²) in [7, 11) is 1.31. The van der Waals surface area contributed by atoms with Crippen molar-refractivity contribution < 1.29 is 14.3 Å². The van der Waals surface area contributed by atoms with E-state index in [1.165, 1.54) is 12.0 Å². The third-order valence-corrected chi connectivity index (χ3v) is 4.70. The van der Waals surface area contributed by atoms with Crippen LogP contribution in [0.1, 0.15) is 18.3 Å². The number of rotatable bonds is 4. The van der Waals surface area contributed by atoms with Gasteiger partial charge in [0.15, 0.2) is 0 Å². The minimum Gasteiger partial charge on any atom is -0.468 e. The molecule has 142 valence electrons. The van der Waals surface area contributed by atoms with E-state index >= 15 is 0 Å². The third-order valence-electron chi connectivity index (χ3n) is 4.70. The van der Waals surface area contributed by atoms with Gasteiger partial charge in [0.1, 0.15) is 12.6 Å². The van der Waals surface area contributed by atoms with Gasteiger partial charge < -0.3 is 14.5 Å². The zero-order chi connectivity index (χ0) is 19.6. The first-order chi connectivity index (χ1) is 12.9. The Hall–Kier alpha value is -3.03. The molecule has 1 atom stereocenters. The number of carbonyl (C=O) groups is 2. The van der Waals surface area contributed by atoms with Gasteiger partial charge in [-0.05, 0) is 39.0 Å². The smallest absolute Gasteiger partial charge is 0.325 e. The summed E-state index contributed by atoms with van der Waals surface area (Å²) >= 11 is 0. The van der Waals surface area contributed by atoms with Gasteiger partial charge >= 0.3 is 5.97 Å². The molecule has 2 aromatic rings. The van der Waals surface area contributed by atoms with Gasteiger partial charge in [-0.15, -0.1) is 0 Å². The highest BCUT2D eigenvalue weighted by atomic mass is 16.5. The van der Waals surface area contributed by atoms with Crippen LogP contribution in [0.5, 0.6) is 0 Å². The van der Waals surface area contributed by atoms with Gasteiger partial charge in [0.25, 0.3) is 0 Å². The second-order valence-electron chi connectivity index (χ2n) is 6.53. The van der Waals surface area contributed by atoms with E-state index in [0.717, 1.165) is 22.6 Å². The van der Waals surface area contributed by atoms with E-state index < -0.39 is 12.0 Å². The number of piperazine rings is 1. The van der Waals surface area contributed by atoms with Crippen LogP contribution in [-0.4, -0.2) is 64.5 Å². The zero-order valence-corrected chi connectivity index (χ0v) is 16.0. The maximum Gasteiger partial charge on any atom is 0.325 e. The average molecular weight is 369 g/mol. The maximum atomic E-state index is 12.6. The molecule has 3 rings (SSSR count). The molecule has 27 heavy (non-hydrogen) atoms. The van der Waals surface area contributed by atoms with Gasteiger partial charge in [-0.1, -0.05) is 0 Å².